The van der Waals surface area contributed by atoms with Gasteiger partial charge in [0.1, 0.15) is 19.0 Å². The lowest BCUT2D eigenvalue weighted by molar-refractivity contribution is -0.148. The lowest BCUT2D eigenvalue weighted by Crippen LogP contribution is -2.59. The first-order valence-electron chi connectivity index (χ1n) is 15.9. The third kappa shape index (κ3) is 5.43. The largest absolute Gasteiger partial charge is 0.491 e. The molecule has 43 heavy (non-hydrogen) atoms. The minimum Gasteiger partial charge on any atom is -0.491 e. The van der Waals surface area contributed by atoms with Crippen LogP contribution in [-0.4, -0.2) is 50.3 Å². The van der Waals surface area contributed by atoms with Crippen LogP contribution in [0.1, 0.15) is 59.3 Å². The van der Waals surface area contributed by atoms with Crippen LogP contribution in [0.4, 0.5) is 5.69 Å². The fraction of sp³-hybridized carbons (Fsp3) is 0.571. The molecule has 3 saturated carbocycles. The van der Waals surface area contributed by atoms with Gasteiger partial charge in [0.05, 0.1) is 13.2 Å². The molecule has 2 aromatic rings. The summed E-state index contributed by atoms with van der Waals surface area (Å²) in [5, 5.41) is 8.40. The zero-order valence-electron chi connectivity index (χ0n) is 25.5. The summed E-state index contributed by atoms with van der Waals surface area (Å²) in [6.45, 7) is 7.24. The van der Waals surface area contributed by atoms with Crippen LogP contribution in [0.25, 0.3) is 10.8 Å². The Kier molecular flexibility index (Phi) is 8.24. The second-order valence-corrected chi connectivity index (χ2v) is 13.2. The predicted octanol–water partition coefficient (Wildman–Crippen LogP) is 5.65. The number of ether oxygens (including phenoxy) is 3. The molecule has 0 radical (unpaired) electrons. The summed E-state index contributed by atoms with van der Waals surface area (Å²) in [7, 11) is 0. The monoisotopic (exact) mass is 588 g/mol. The average Bonchev–Trinajstić information content (AvgIpc) is 3.35. The van der Waals surface area contributed by atoms with Crippen molar-refractivity contribution in [3.8, 4) is 5.75 Å². The molecule has 4 aliphatic rings. The number of nitrogens with one attached hydrogen (secondary N) is 2. The van der Waals surface area contributed by atoms with Crippen molar-refractivity contribution in [3.05, 3.63) is 48.6 Å². The number of esters is 1. The zero-order valence-corrected chi connectivity index (χ0v) is 25.5. The van der Waals surface area contributed by atoms with E-state index >= 15 is 0 Å². The first-order valence-corrected chi connectivity index (χ1v) is 15.9. The van der Waals surface area contributed by atoms with Gasteiger partial charge < -0.3 is 24.8 Å². The van der Waals surface area contributed by atoms with Crippen LogP contribution in [0.3, 0.4) is 0 Å². The van der Waals surface area contributed by atoms with Crippen LogP contribution in [0.15, 0.2) is 48.6 Å². The van der Waals surface area contributed by atoms with Crippen molar-refractivity contribution in [2.75, 3.05) is 31.7 Å². The molecule has 0 spiro atoms. The Labute approximate surface area is 253 Å². The molecule has 0 aromatic heterocycles. The quantitative estimate of drug-likeness (QED) is 0.290. The molecule has 230 valence electrons. The van der Waals surface area contributed by atoms with Gasteiger partial charge in [0.2, 0.25) is 11.8 Å². The first-order chi connectivity index (χ1) is 20.7. The molecule has 1 aliphatic heterocycles. The molecule has 2 aromatic carbocycles. The Hall–Kier alpha value is -3.39. The van der Waals surface area contributed by atoms with E-state index in [1.54, 1.807) is 13.0 Å². The number of hydrogen-bond acceptors (Lipinski definition) is 6. The van der Waals surface area contributed by atoms with Gasteiger partial charge in [0.15, 0.2) is 0 Å². The fourth-order valence-electron chi connectivity index (χ4n) is 9.07. The fourth-order valence-corrected chi connectivity index (χ4v) is 9.07. The molecule has 1 heterocycles. The third-order valence-electron chi connectivity index (χ3n) is 11.2. The SMILES string of the molecule is CCOC(=O)COCCOc1cccc2c(NC(=O)[C@H]3CC[C@H]4[C@@H]5CC[C@H]6NC(=O)C=C[C@]6(C)[C@H]5CC[C@]34C)cccc12. The minimum atomic E-state index is -0.387. The highest BCUT2D eigenvalue weighted by Gasteiger charge is 2.60. The van der Waals surface area contributed by atoms with Gasteiger partial charge in [-0.1, -0.05) is 44.2 Å². The van der Waals surface area contributed by atoms with E-state index in [1.807, 2.05) is 36.4 Å². The van der Waals surface area contributed by atoms with Crippen LogP contribution in [0, 0.1) is 34.5 Å². The average molecular weight is 589 g/mol. The van der Waals surface area contributed by atoms with E-state index in [4.69, 9.17) is 14.2 Å². The van der Waals surface area contributed by atoms with Gasteiger partial charge in [-0.25, -0.2) is 4.79 Å². The number of carbonyl (C=O) groups excluding carboxylic acids is 3. The topological polar surface area (TPSA) is 103 Å². The highest BCUT2D eigenvalue weighted by atomic mass is 16.6. The van der Waals surface area contributed by atoms with E-state index in [0.29, 0.717) is 36.7 Å². The van der Waals surface area contributed by atoms with Gasteiger partial charge in [-0.15, -0.1) is 0 Å². The molecule has 2 amide bonds. The summed E-state index contributed by atoms with van der Waals surface area (Å²) in [5.41, 5.74) is 0.760. The number of anilines is 1. The Bertz CT molecular complexity index is 1420. The van der Waals surface area contributed by atoms with E-state index < -0.39 is 0 Å². The Morgan fingerprint density at radius 3 is 2.63 bits per heavy atom. The molecule has 8 heteroatoms. The second kappa shape index (κ2) is 11.9. The molecular weight excluding hydrogens is 544 g/mol. The van der Waals surface area contributed by atoms with Crippen LogP contribution >= 0.6 is 0 Å². The Balaban J connectivity index is 1.13. The van der Waals surface area contributed by atoms with Crippen LogP contribution in [-0.2, 0) is 23.9 Å². The van der Waals surface area contributed by atoms with Gasteiger partial charge in [-0.2, -0.15) is 0 Å². The molecule has 8 nitrogen and oxygen atoms in total. The maximum atomic E-state index is 14.0. The molecule has 3 aliphatic carbocycles. The van der Waals surface area contributed by atoms with Crippen molar-refractivity contribution in [2.24, 2.45) is 34.5 Å². The van der Waals surface area contributed by atoms with Crippen LogP contribution in [0.2, 0.25) is 0 Å². The molecule has 0 saturated heterocycles. The van der Waals surface area contributed by atoms with E-state index in [-0.39, 0.29) is 53.8 Å². The van der Waals surface area contributed by atoms with Gasteiger partial charge in [0.25, 0.3) is 0 Å². The molecule has 3 fully saturated rings. The predicted molar refractivity (Wildman–Crippen MR) is 164 cm³/mol. The molecule has 0 unspecified atom stereocenters. The van der Waals surface area contributed by atoms with Gasteiger partial charge in [-0.3, -0.25) is 9.59 Å². The van der Waals surface area contributed by atoms with Crippen LogP contribution in [0.5, 0.6) is 5.75 Å². The van der Waals surface area contributed by atoms with E-state index in [9.17, 15) is 14.4 Å². The van der Waals surface area contributed by atoms with Crippen molar-refractivity contribution < 1.29 is 28.6 Å². The van der Waals surface area contributed by atoms with E-state index in [2.05, 4.69) is 30.6 Å². The van der Waals surface area contributed by atoms with Crippen molar-refractivity contribution in [1.29, 1.82) is 0 Å². The number of fused-ring (bicyclic) bond motifs is 6. The summed E-state index contributed by atoms with van der Waals surface area (Å²) in [5.74, 6) is 2.07. The lowest BCUT2D eigenvalue weighted by atomic mass is 9.48. The standard InChI is InChI=1S/C35H44N2O6/c1-4-42-32(39)21-41-19-20-43-29-10-6-7-22-23(29)8-5-9-28(22)36-33(40)27-13-12-25-24-11-14-30-35(3,18-16-31(38)37-30)26(24)15-17-34(25,27)2/h5-10,16,18,24-27,30H,4,11-15,17,19-21H2,1-3H3,(H,36,40)(H,37,38)/t24-,25-,26-,27+,30+,34-,35+/m0/s1. The zero-order chi connectivity index (χ0) is 30.2. The van der Waals surface area contributed by atoms with Crippen molar-refractivity contribution >= 4 is 34.2 Å². The summed E-state index contributed by atoms with van der Waals surface area (Å²) in [4.78, 5) is 37.5. The molecule has 6 rings (SSSR count). The second-order valence-electron chi connectivity index (χ2n) is 13.2. The summed E-state index contributed by atoms with van der Waals surface area (Å²) in [6, 6.07) is 12.0. The molecule has 2 N–H and O–H groups in total. The number of amides is 2. The van der Waals surface area contributed by atoms with Crippen molar-refractivity contribution in [1.82, 2.24) is 5.32 Å². The van der Waals surface area contributed by atoms with E-state index in [1.165, 1.54) is 0 Å². The summed E-state index contributed by atoms with van der Waals surface area (Å²) >= 11 is 0. The lowest BCUT2D eigenvalue weighted by Gasteiger charge is -2.58. The van der Waals surface area contributed by atoms with Gasteiger partial charge in [-0.05, 0) is 86.8 Å². The first kappa shape index (κ1) is 29.7. The number of carbonyl (C=O) groups is 3. The highest BCUT2D eigenvalue weighted by molar-refractivity contribution is 6.04. The Morgan fingerprint density at radius 2 is 1.79 bits per heavy atom. The van der Waals surface area contributed by atoms with E-state index in [0.717, 1.165) is 55.0 Å². The molecular formula is C35H44N2O6. The number of rotatable bonds is 9. The maximum absolute atomic E-state index is 14.0. The highest BCUT2D eigenvalue weighted by Crippen LogP contribution is 2.65. The maximum Gasteiger partial charge on any atom is 0.332 e. The van der Waals surface area contributed by atoms with Crippen molar-refractivity contribution in [2.45, 2.75) is 65.3 Å². The van der Waals surface area contributed by atoms with Crippen LogP contribution < -0.4 is 15.4 Å². The summed E-state index contributed by atoms with van der Waals surface area (Å²) < 4.78 is 16.2. The minimum absolute atomic E-state index is 0.00570. The normalized spacial score (nSPS) is 32.7. The number of benzene rings is 2. The van der Waals surface area contributed by atoms with Crippen molar-refractivity contribution in [3.63, 3.8) is 0 Å². The Morgan fingerprint density at radius 1 is 0.977 bits per heavy atom. The molecule has 7 atom stereocenters. The smallest absolute Gasteiger partial charge is 0.332 e. The molecule has 0 bridgehead atoms. The van der Waals surface area contributed by atoms with Gasteiger partial charge >= 0.3 is 5.97 Å². The third-order valence-corrected chi connectivity index (χ3v) is 11.2. The number of hydrogen-bond donors (Lipinski definition) is 2. The van der Waals surface area contributed by atoms with Gasteiger partial charge in [0, 0.05) is 33.8 Å². The summed E-state index contributed by atoms with van der Waals surface area (Å²) in [6.07, 6.45) is 10.2.